The van der Waals surface area contributed by atoms with E-state index in [-0.39, 0.29) is 0 Å². The van der Waals surface area contributed by atoms with E-state index < -0.39 is 0 Å². The normalized spacial score (nSPS) is 11.2. The summed E-state index contributed by atoms with van der Waals surface area (Å²) in [5.74, 6) is 1.75. The number of nitrogens with zero attached hydrogens (tertiary/aromatic N) is 2. The maximum Gasteiger partial charge on any atom is 0.123 e. The lowest BCUT2D eigenvalue weighted by atomic mass is 10.1. The van der Waals surface area contributed by atoms with Crippen molar-refractivity contribution in [3.8, 4) is 5.75 Å². The van der Waals surface area contributed by atoms with Crippen molar-refractivity contribution < 1.29 is 4.74 Å². The Balaban J connectivity index is 1.70. The minimum absolute atomic E-state index is 0.435. The molecule has 4 nitrogen and oxygen atoms in total. The molecule has 126 valence electrons. The molecule has 0 aliphatic heterocycles. The number of aryl methyl sites for hydroxylation is 3. The Hall–Kier alpha value is -2.04. The first-order valence-corrected chi connectivity index (χ1v) is 8.51. The molecular formula is C19H22ClN3O. The molecule has 3 rings (SSSR count). The standard InChI is InChI=1S/C19H22ClN3O/c1-13-10-17-18(11-14(13)2)23(19(12-21)22-17)8-3-9-24-16-6-4-15(20)5-7-16/h4-7,10-11H,3,8-9,12,21H2,1-2H3. The fourth-order valence-corrected chi connectivity index (χ4v) is 2.90. The van der Waals surface area contributed by atoms with Gasteiger partial charge in [-0.3, -0.25) is 0 Å². The quantitative estimate of drug-likeness (QED) is 0.681. The molecule has 0 radical (unpaired) electrons. The van der Waals surface area contributed by atoms with Crippen LogP contribution in [-0.4, -0.2) is 16.2 Å². The molecule has 0 fully saturated rings. The van der Waals surface area contributed by atoms with Crippen LogP contribution >= 0.6 is 11.6 Å². The van der Waals surface area contributed by atoms with Crippen molar-refractivity contribution in [3.63, 3.8) is 0 Å². The highest BCUT2D eigenvalue weighted by Crippen LogP contribution is 2.21. The van der Waals surface area contributed by atoms with Gasteiger partial charge in [-0.1, -0.05) is 11.6 Å². The van der Waals surface area contributed by atoms with Crippen molar-refractivity contribution in [2.24, 2.45) is 5.73 Å². The number of benzene rings is 2. The molecule has 0 aliphatic carbocycles. The van der Waals surface area contributed by atoms with Crippen LogP contribution in [0.5, 0.6) is 5.75 Å². The summed E-state index contributed by atoms with van der Waals surface area (Å²) >= 11 is 5.88. The van der Waals surface area contributed by atoms with Crippen LogP contribution in [0.3, 0.4) is 0 Å². The van der Waals surface area contributed by atoms with Gasteiger partial charge in [0.1, 0.15) is 11.6 Å². The third-order valence-corrected chi connectivity index (χ3v) is 4.49. The van der Waals surface area contributed by atoms with Crippen LogP contribution in [0.1, 0.15) is 23.4 Å². The van der Waals surface area contributed by atoms with Gasteiger partial charge >= 0.3 is 0 Å². The summed E-state index contributed by atoms with van der Waals surface area (Å²) in [5, 5.41) is 0.713. The number of nitrogens with two attached hydrogens (primary N) is 1. The second-order valence-corrected chi connectivity index (χ2v) is 6.40. The molecule has 0 unspecified atom stereocenters. The Bertz CT molecular complexity index is 840. The van der Waals surface area contributed by atoms with Gasteiger partial charge in [-0.2, -0.15) is 0 Å². The number of hydrogen-bond acceptors (Lipinski definition) is 3. The summed E-state index contributed by atoms with van der Waals surface area (Å²) in [5.41, 5.74) is 10.5. The van der Waals surface area contributed by atoms with Crippen LogP contribution in [0, 0.1) is 13.8 Å². The lowest BCUT2D eigenvalue weighted by Crippen LogP contribution is -2.11. The van der Waals surface area contributed by atoms with E-state index in [1.54, 1.807) is 0 Å². The Morgan fingerprint density at radius 2 is 1.83 bits per heavy atom. The van der Waals surface area contributed by atoms with Crippen LogP contribution < -0.4 is 10.5 Å². The Kier molecular flexibility index (Phi) is 5.07. The summed E-state index contributed by atoms with van der Waals surface area (Å²) in [6.07, 6.45) is 0.883. The zero-order valence-electron chi connectivity index (χ0n) is 14.1. The third-order valence-electron chi connectivity index (χ3n) is 4.23. The van der Waals surface area contributed by atoms with E-state index in [1.165, 1.54) is 11.1 Å². The maximum atomic E-state index is 5.88. The summed E-state index contributed by atoms with van der Waals surface area (Å²) in [7, 11) is 0. The largest absolute Gasteiger partial charge is 0.494 e. The number of rotatable bonds is 6. The molecule has 0 bridgehead atoms. The molecule has 1 heterocycles. The second-order valence-electron chi connectivity index (χ2n) is 5.96. The van der Waals surface area contributed by atoms with E-state index in [4.69, 9.17) is 22.1 Å². The maximum absolute atomic E-state index is 5.88. The summed E-state index contributed by atoms with van der Waals surface area (Å²) in [4.78, 5) is 4.66. The molecule has 24 heavy (non-hydrogen) atoms. The fourth-order valence-electron chi connectivity index (χ4n) is 2.78. The van der Waals surface area contributed by atoms with E-state index in [1.807, 2.05) is 24.3 Å². The average Bonchev–Trinajstić information content (AvgIpc) is 2.90. The molecule has 1 aromatic heterocycles. The molecule has 0 saturated carbocycles. The monoisotopic (exact) mass is 343 g/mol. The molecule has 0 saturated heterocycles. The summed E-state index contributed by atoms with van der Waals surface area (Å²) in [6, 6.07) is 11.7. The summed E-state index contributed by atoms with van der Waals surface area (Å²) in [6.45, 7) is 6.13. The number of fused-ring (bicyclic) bond motifs is 1. The predicted octanol–water partition coefficient (Wildman–Crippen LogP) is 4.23. The fraction of sp³-hybridized carbons (Fsp3) is 0.316. The highest BCUT2D eigenvalue weighted by Gasteiger charge is 2.10. The van der Waals surface area contributed by atoms with E-state index in [0.717, 1.165) is 35.6 Å². The smallest absolute Gasteiger partial charge is 0.123 e. The predicted molar refractivity (Wildman–Crippen MR) is 98.7 cm³/mol. The van der Waals surface area contributed by atoms with Crippen molar-refractivity contribution in [1.29, 1.82) is 0 Å². The average molecular weight is 344 g/mol. The van der Waals surface area contributed by atoms with E-state index in [9.17, 15) is 0 Å². The summed E-state index contributed by atoms with van der Waals surface area (Å²) < 4.78 is 7.97. The zero-order chi connectivity index (χ0) is 17.1. The number of aromatic nitrogens is 2. The number of imidazole rings is 1. The number of hydrogen-bond donors (Lipinski definition) is 1. The van der Waals surface area contributed by atoms with Gasteiger partial charge in [0.2, 0.25) is 0 Å². The van der Waals surface area contributed by atoms with E-state index in [0.29, 0.717) is 18.2 Å². The lowest BCUT2D eigenvalue weighted by Gasteiger charge is -2.10. The van der Waals surface area contributed by atoms with Crippen LogP contribution in [0.2, 0.25) is 5.02 Å². The number of ether oxygens (including phenoxy) is 1. The van der Waals surface area contributed by atoms with Crippen molar-refractivity contribution >= 4 is 22.6 Å². The van der Waals surface area contributed by atoms with Gasteiger partial charge in [0.05, 0.1) is 24.2 Å². The molecule has 0 spiro atoms. The van der Waals surface area contributed by atoms with Gasteiger partial charge in [0.15, 0.2) is 0 Å². The highest BCUT2D eigenvalue weighted by atomic mass is 35.5. The Labute approximate surface area is 147 Å². The highest BCUT2D eigenvalue weighted by molar-refractivity contribution is 6.30. The van der Waals surface area contributed by atoms with Gasteiger partial charge in [0, 0.05) is 11.6 Å². The van der Waals surface area contributed by atoms with Gasteiger partial charge in [-0.05, 0) is 67.8 Å². The SMILES string of the molecule is Cc1cc2nc(CN)n(CCCOc3ccc(Cl)cc3)c2cc1C. The first-order chi connectivity index (χ1) is 11.6. The molecule has 2 N–H and O–H groups in total. The minimum Gasteiger partial charge on any atom is -0.494 e. The first-order valence-electron chi connectivity index (χ1n) is 8.13. The molecule has 5 heteroatoms. The topological polar surface area (TPSA) is 53.1 Å². The van der Waals surface area contributed by atoms with E-state index in [2.05, 4.69) is 35.5 Å². The molecule has 0 aliphatic rings. The first kappa shape index (κ1) is 16.8. The van der Waals surface area contributed by atoms with Crippen molar-refractivity contribution in [1.82, 2.24) is 9.55 Å². The lowest BCUT2D eigenvalue weighted by molar-refractivity contribution is 0.302. The molecule has 3 aromatic rings. The van der Waals surface area contributed by atoms with Crippen LogP contribution in [0.15, 0.2) is 36.4 Å². The Morgan fingerprint density at radius 1 is 1.12 bits per heavy atom. The van der Waals surface area contributed by atoms with Gasteiger partial charge < -0.3 is 15.0 Å². The number of halogens is 1. The zero-order valence-corrected chi connectivity index (χ0v) is 14.8. The van der Waals surface area contributed by atoms with Crippen LogP contribution in [-0.2, 0) is 13.1 Å². The molecule has 0 atom stereocenters. The van der Waals surface area contributed by atoms with Gasteiger partial charge in [-0.25, -0.2) is 4.98 Å². The third kappa shape index (κ3) is 3.55. The van der Waals surface area contributed by atoms with Crippen molar-refractivity contribution in [2.45, 2.75) is 33.4 Å². The minimum atomic E-state index is 0.435. The van der Waals surface area contributed by atoms with Gasteiger partial charge in [-0.15, -0.1) is 0 Å². The second kappa shape index (κ2) is 7.24. The van der Waals surface area contributed by atoms with Gasteiger partial charge in [0.25, 0.3) is 0 Å². The van der Waals surface area contributed by atoms with Crippen LogP contribution in [0.4, 0.5) is 0 Å². The van der Waals surface area contributed by atoms with Crippen molar-refractivity contribution in [2.75, 3.05) is 6.61 Å². The Morgan fingerprint density at radius 3 is 2.54 bits per heavy atom. The van der Waals surface area contributed by atoms with Crippen LogP contribution in [0.25, 0.3) is 11.0 Å². The molecule has 2 aromatic carbocycles. The van der Waals surface area contributed by atoms with Crippen molar-refractivity contribution in [3.05, 3.63) is 58.4 Å². The molecule has 0 amide bonds. The molecular weight excluding hydrogens is 322 g/mol. The van der Waals surface area contributed by atoms with E-state index >= 15 is 0 Å².